The SMILES string of the molecule is CCOC(=O)c1c(-c2ccc(CC)cc2)csc1NC(=O)/C(C#N)=C/c1ccc(OC)cc1. The summed E-state index contributed by atoms with van der Waals surface area (Å²) in [5, 5.41) is 14.4. The maximum absolute atomic E-state index is 12.9. The number of esters is 1. The van der Waals surface area contributed by atoms with Gasteiger partial charge in [0.1, 0.15) is 28.0 Å². The molecule has 2 aromatic carbocycles. The molecule has 0 saturated heterocycles. The van der Waals surface area contributed by atoms with Gasteiger partial charge >= 0.3 is 5.97 Å². The van der Waals surface area contributed by atoms with Crippen LogP contribution >= 0.6 is 11.3 Å². The van der Waals surface area contributed by atoms with Crippen molar-refractivity contribution in [3.8, 4) is 22.9 Å². The fourth-order valence-corrected chi connectivity index (χ4v) is 4.13. The highest BCUT2D eigenvalue weighted by molar-refractivity contribution is 7.15. The van der Waals surface area contributed by atoms with Crippen LogP contribution in [0.2, 0.25) is 0 Å². The van der Waals surface area contributed by atoms with E-state index in [-0.39, 0.29) is 17.7 Å². The first kappa shape index (κ1) is 23.8. The summed E-state index contributed by atoms with van der Waals surface area (Å²) in [6.45, 7) is 4.00. The molecule has 6 nitrogen and oxygen atoms in total. The molecule has 3 rings (SSSR count). The molecule has 1 aromatic heterocycles. The van der Waals surface area contributed by atoms with Crippen LogP contribution in [0.1, 0.15) is 35.3 Å². The van der Waals surface area contributed by atoms with Gasteiger partial charge in [-0.05, 0) is 48.2 Å². The number of carbonyl (C=O) groups is 2. The Bertz CT molecular complexity index is 1200. The number of rotatable bonds is 8. The average Bonchev–Trinajstić information content (AvgIpc) is 3.26. The third-order valence-corrected chi connectivity index (χ3v) is 5.86. The van der Waals surface area contributed by atoms with Crippen molar-refractivity contribution in [1.82, 2.24) is 0 Å². The predicted octanol–water partition coefficient (Wildman–Crippen LogP) is 5.71. The minimum atomic E-state index is -0.603. The summed E-state index contributed by atoms with van der Waals surface area (Å²) in [5.74, 6) is -0.456. The van der Waals surface area contributed by atoms with E-state index in [1.165, 1.54) is 23.0 Å². The van der Waals surface area contributed by atoms with E-state index in [9.17, 15) is 14.9 Å². The topological polar surface area (TPSA) is 88.4 Å². The Kier molecular flexibility index (Phi) is 8.01. The zero-order chi connectivity index (χ0) is 23.8. The maximum atomic E-state index is 12.9. The molecule has 1 N–H and O–H groups in total. The molecule has 7 heteroatoms. The Hall–Kier alpha value is -3.89. The van der Waals surface area contributed by atoms with Crippen molar-refractivity contribution >= 4 is 34.3 Å². The first-order valence-electron chi connectivity index (χ1n) is 10.5. The first-order valence-corrected chi connectivity index (χ1v) is 11.3. The van der Waals surface area contributed by atoms with E-state index in [1.807, 2.05) is 35.7 Å². The van der Waals surface area contributed by atoms with Gasteiger partial charge in [0, 0.05) is 10.9 Å². The minimum Gasteiger partial charge on any atom is -0.497 e. The van der Waals surface area contributed by atoms with E-state index in [2.05, 4.69) is 12.2 Å². The van der Waals surface area contributed by atoms with Crippen LogP contribution in [0.25, 0.3) is 17.2 Å². The molecule has 3 aromatic rings. The molecular formula is C26H24N2O4S. The van der Waals surface area contributed by atoms with Gasteiger partial charge in [-0.3, -0.25) is 4.79 Å². The molecule has 1 amide bonds. The number of thiophene rings is 1. The van der Waals surface area contributed by atoms with Crippen molar-refractivity contribution in [2.24, 2.45) is 0 Å². The van der Waals surface area contributed by atoms with E-state index in [4.69, 9.17) is 9.47 Å². The molecule has 0 atom stereocenters. The average molecular weight is 461 g/mol. The van der Waals surface area contributed by atoms with Gasteiger partial charge in [-0.15, -0.1) is 11.3 Å². The number of anilines is 1. The van der Waals surface area contributed by atoms with Gasteiger partial charge in [-0.25, -0.2) is 4.79 Å². The van der Waals surface area contributed by atoms with Crippen molar-refractivity contribution in [2.45, 2.75) is 20.3 Å². The highest BCUT2D eigenvalue weighted by atomic mass is 32.1. The smallest absolute Gasteiger partial charge is 0.341 e. The van der Waals surface area contributed by atoms with E-state index < -0.39 is 11.9 Å². The first-order chi connectivity index (χ1) is 16.0. The summed E-state index contributed by atoms with van der Waals surface area (Å²) in [7, 11) is 1.56. The number of hydrogen-bond acceptors (Lipinski definition) is 6. The van der Waals surface area contributed by atoms with E-state index in [0.29, 0.717) is 21.9 Å². The minimum absolute atomic E-state index is 0.0859. The maximum Gasteiger partial charge on any atom is 0.341 e. The Balaban J connectivity index is 1.93. The van der Waals surface area contributed by atoms with Crippen LogP contribution in [0.15, 0.2) is 59.5 Å². The second kappa shape index (κ2) is 11.1. The van der Waals surface area contributed by atoms with Crippen LogP contribution in [0.3, 0.4) is 0 Å². The lowest BCUT2D eigenvalue weighted by molar-refractivity contribution is -0.112. The Morgan fingerprint density at radius 1 is 1.09 bits per heavy atom. The number of benzene rings is 2. The van der Waals surface area contributed by atoms with Crippen molar-refractivity contribution < 1.29 is 19.1 Å². The van der Waals surface area contributed by atoms with Crippen molar-refractivity contribution in [3.63, 3.8) is 0 Å². The lowest BCUT2D eigenvalue weighted by Gasteiger charge is -2.09. The van der Waals surface area contributed by atoms with E-state index >= 15 is 0 Å². The van der Waals surface area contributed by atoms with Crippen LogP contribution in [-0.4, -0.2) is 25.6 Å². The molecule has 0 unspecified atom stereocenters. The lowest BCUT2D eigenvalue weighted by atomic mass is 10.0. The summed E-state index contributed by atoms with van der Waals surface area (Å²) in [6.07, 6.45) is 2.39. The van der Waals surface area contributed by atoms with Gasteiger partial charge in [0.25, 0.3) is 5.91 Å². The molecule has 0 spiro atoms. The van der Waals surface area contributed by atoms with Gasteiger partial charge in [-0.2, -0.15) is 5.26 Å². The third-order valence-electron chi connectivity index (χ3n) is 4.96. The normalized spacial score (nSPS) is 10.9. The Morgan fingerprint density at radius 2 is 1.79 bits per heavy atom. The lowest BCUT2D eigenvalue weighted by Crippen LogP contribution is -2.16. The summed E-state index contributed by atoms with van der Waals surface area (Å²) < 4.78 is 10.4. The summed E-state index contributed by atoms with van der Waals surface area (Å²) in [6, 6.07) is 16.8. The van der Waals surface area contributed by atoms with Crippen LogP contribution in [0.5, 0.6) is 5.75 Å². The number of hydrogen-bond donors (Lipinski definition) is 1. The van der Waals surface area contributed by atoms with Crippen molar-refractivity contribution in [2.75, 3.05) is 19.0 Å². The van der Waals surface area contributed by atoms with Gasteiger partial charge in [0.15, 0.2) is 0 Å². The molecule has 0 aliphatic heterocycles. The molecular weight excluding hydrogens is 436 g/mol. The summed E-state index contributed by atoms with van der Waals surface area (Å²) >= 11 is 1.22. The number of amides is 1. The molecule has 33 heavy (non-hydrogen) atoms. The Morgan fingerprint density at radius 3 is 2.36 bits per heavy atom. The fraction of sp³-hybridized carbons (Fsp3) is 0.192. The van der Waals surface area contributed by atoms with E-state index in [0.717, 1.165) is 12.0 Å². The van der Waals surface area contributed by atoms with Gasteiger partial charge in [0.05, 0.1) is 13.7 Å². The molecule has 0 bridgehead atoms. The van der Waals surface area contributed by atoms with Gasteiger partial charge in [0.2, 0.25) is 0 Å². The number of nitriles is 1. The standard InChI is InChI=1S/C26H24N2O4S/c1-4-17-6-10-19(11-7-17)22-16-33-25(23(22)26(30)32-5-2)28-24(29)20(15-27)14-18-8-12-21(31-3)13-9-18/h6-14,16H,4-5H2,1-3H3,(H,28,29)/b20-14+. The number of nitrogens with zero attached hydrogens (tertiary/aromatic N) is 1. The van der Waals surface area contributed by atoms with E-state index in [1.54, 1.807) is 38.3 Å². The van der Waals surface area contributed by atoms with Crippen LogP contribution in [-0.2, 0) is 16.0 Å². The fourth-order valence-electron chi connectivity index (χ4n) is 3.17. The van der Waals surface area contributed by atoms with Gasteiger partial charge in [-0.1, -0.05) is 43.3 Å². The monoisotopic (exact) mass is 460 g/mol. The quantitative estimate of drug-likeness (QED) is 0.264. The summed E-state index contributed by atoms with van der Waals surface area (Å²) in [5.41, 5.74) is 3.58. The predicted molar refractivity (Wildman–Crippen MR) is 130 cm³/mol. The number of aryl methyl sites for hydroxylation is 1. The third kappa shape index (κ3) is 5.68. The molecule has 1 heterocycles. The molecule has 0 fully saturated rings. The second-order valence-corrected chi connectivity index (χ2v) is 7.90. The highest BCUT2D eigenvalue weighted by Gasteiger charge is 2.23. The van der Waals surface area contributed by atoms with Crippen LogP contribution < -0.4 is 10.1 Å². The largest absolute Gasteiger partial charge is 0.497 e. The molecule has 0 radical (unpaired) electrons. The number of nitrogens with one attached hydrogen (secondary N) is 1. The molecule has 0 aliphatic carbocycles. The van der Waals surface area contributed by atoms with Crippen LogP contribution in [0, 0.1) is 11.3 Å². The number of carbonyl (C=O) groups excluding carboxylic acids is 2. The summed E-state index contributed by atoms with van der Waals surface area (Å²) in [4.78, 5) is 25.6. The molecule has 0 saturated carbocycles. The van der Waals surface area contributed by atoms with Gasteiger partial charge < -0.3 is 14.8 Å². The van der Waals surface area contributed by atoms with Crippen molar-refractivity contribution in [1.29, 1.82) is 5.26 Å². The number of ether oxygens (including phenoxy) is 2. The Labute approximate surface area is 197 Å². The number of methoxy groups -OCH3 is 1. The van der Waals surface area contributed by atoms with Crippen LogP contribution in [0.4, 0.5) is 5.00 Å². The molecule has 168 valence electrons. The highest BCUT2D eigenvalue weighted by Crippen LogP contribution is 2.36. The zero-order valence-electron chi connectivity index (χ0n) is 18.7. The zero-order valence-corrected chi connectivity index (χ0v) is 19.5. The molecule has 0 aliphatic rings. The van der Waals surface area contributed by atoms with Crippen molar-refractivity contribution in [3.05, 3.63) is 76.2 Å². The second-order valence-electron chi connectivity index (χ2n) is 7.02.